The molecular formula is C23H25N3O2. The highest BCUT2D eigenvalue weighted by Crippen LogP contribution is 2.23. The van der Waals surface area contributed by atoms with Crippen LogP contribution in [-0.2, 0) is 30.7 Å². The molecule has 0 saturated carbocycles. The first-order valence-corrected chi connectivity index (χ1v) is 9.76. The van der Waals surface area contributed by atoms with Gasteiger partial charge < -0.3 is 14.6 Å². The number of imidazole rings is 1. The molecule has 3 aromatic rings. The third-order valence-electron chi connectivity index (χ3n) is 5.15. The van der Waals surface area contributed by atoms with Gasteiger partial charge in [0.1, 0.15) is 11.6 Å². The van der Waals surface area contributed by atoms with Crippen LogP contribution < -0.4 is 10.1 Å². The molecule has 2 aromatic carbocycles. The molecule has 0 spiro atoms. The van der Waals surface area contributed by atoms with Crippen LogP contribution in [0, 0.1) is 0 Å². The summed E-state index contributed by atoms with van der Waals surface area (Å²) in [5.41, 5.74) is 4.30. The van der Waals surface area contributed by atoms with Crippen LogP contribution in [0.3, 0.4) is 0 Å². The minimum Gasteiger partial charge on any atom is -0.497 e. The molecule has 0 radical (unpaired) electrons. The fourth-order valence-corrected chi connectivity index (χ4v) is 3.61. The molecule has 144 valence electrons. The molecule has 1 N–H and O–H groups in total. The fourth-order valence-electron chi connectivity index (χ4n) is 3.61. The molecule has 0 bridgehead atoms. The van der Waals surface area contributed by atoms with E-state index in [2.05, 4.69) is 28.2 Å². The Bertz CT molecular complexity index is 956. The van der Waals surface area contributed by atoms with Gasteiger partial charge in [0.15, 0.2) is 0 Å². The van der Waals surface area contributed by atoms with E-state index in [9.17, 15) is 4.79 Å². The SMILES string of the molecule is COc1cccc(CCC(=O)NCc2cccc(-c3cn4c(n3)CCC4)c2)c1. The maximum absolute atomic E-state index is 12.2. The van der Waals surface area contributed by atoms with Gasteiger partial charge in [0, 0.05) is 37.7 Å². The standard InChI is InChI=1S/C23H25N3O2/c1-28-20-8-3-5-17(14-20)10-11-23(27)24-15-18-6-2-7-19(13-18)21-16-26-12-4-9-22(26)25-21/h2-3,5-8,13-14,16H,4,9-12,15H2,1H3,(H,24,27). The molecule has 5 nitrogen and oxygen atoms in total. The summed E-state index contributed by atoms with van der Waals surface area (Å²) in [5.74, 6) is 2.04. The van der Waals surface area contributed by atoms with E-state index < -0.39 is 0 Å². The number of hydrogen-bond acceptors (Lipinski definition) is 3. The first-order valence-electron chi connectivity index (χ1n) is 9.76. The molecule has 2 heterocycles. The van der Waals surface area contributed by atoms with Crippen molar-refractivity contribution in [1.29, 1.82) is 0 Å². The molecule has 0 aliphatic carbocycles. The Kier molecular flexibility index (Phi) is 5.42. The molecule has 0 atom stereocenters. The maximum Gasteiger partial charge on any atom is 0.220 e. The number of rotatable bonds is 7. The van der Waals surface area contributed by atoms with E-state index in [1.165, 1.54) is 12.2 Å². The minimum atomic E-state index is 0.0502. The number of aryl methyl sites for hydroxylation is 3. The van der Waals surface area contributed by atoms with Crippen LogP contribution in [0.1, 0.15) is 29.8 Å². The van der Waals surface area contributed by atoms with E-state index in [1.807, 2.05) is 36.4 Å². The lowest BCUT2D eigenvalue weighted by Crippen LogP contribution is -2.23. The van der Waals surface area contributed by atoms with Crippen LogP contribution in [0.2, 0.25) is 0 Å². The highest BCUT2D eigenvalue weighted by atomic mass is 16.5. The Hall–Kier alpha value is -3.08. The van der Waals surface area contributed by atoms with Gasteiger partial charge in [-0.05, 0) is 42.2 Å². The number of nitrogens with zero attached hydrogens (tertiary/aromatic N) is 2. The summed E-state index contributed by atoms with van der Waals surface area (Å²) in [5, 5.41) is 3.02. The second-order valence-corrected chi connectivity index (χ2v) is 7.17. The Morgan fingerprint density at radius 3 is 2.89 bits per heavy atom. The molecule has 0 saturated heterocycles. The molecule has 5 heteroatoms. The first-order chi connectivity index (χ1) is 13.7. The predicted molar refractivity (Wildman–Crippen MR) is 109 cm³/mol. The number of methoxy groups -OCH3 is 1. The van der Waals surface area contributed by atoms with Crippen LogP contribution in [-0.4, -0.2) is 22.6 Å². The van der Waals surface area contributed by atoms with E-state index in [0.29, 0.717) is 19.4 Å². The van der Waals surface area contributed by atoms with Crippen LogP contribution in [0.4, 0.5) is 0 Å². The Morgan fingerprint density at radius 1 is 1.18 bits per heavy atom. The summed E-state index contributed by atoms with van der Waals surface area (Å²) in [6.07, 6.45) is 5.53. The van der Waals surface area contributed by atoms with Gasteiger partial charge >= 0.3 is 0 Å². The van der Waals surface area contributed by atoms with Crippen LogP contribution in [0.15, 0.2) is 54.7 Å². The molecular weight excluding hydrogens is 350 g/mol. The van der Waals surface area contributed by atoms with E-state index in [0.717, 1.165) is 41.1 Å². The first kappa shape index (κ1) is 18.3. The van der Waals surface area contributed by atoms with Crippen molar-refractivity contribution in [2.24, 2.45) is 0 Å². The van der Waals surface area contributed by atoms with E-state index in [4.69, 9.17) is 9.72 Å². The summed E-state index contributed by atoms with van der Waals surface area (Å²) >= 11 is 0. The summed E-state index contributed by atoms with van der Waals surface area (Å²) in [6, 6.07) is 16.1. The summed E-state index contributed by atoms with van der Waals surface area (Å²) in [6.45, 7) is 1.59. The van der Waals surface area contributed by atoms with Gasteiger partial charge in [-0.25, -0.2) is 4.98 Å². The van der Waals surface area contributed by atoms with Gasteiger partial charge in [-0.2, -0.15) is 0 Å². The topological polar surface area (TPSA) is 56.1 Å². The Labute approximate surface area is 165 Å². The van der Waals surface area contributed by atoms with Crippen LogP contribution in [0.25, 0.3) is 11.3 Å². The van der Waals surface area contributed by atoms with E-state index >= 15 is 0 Å². The van der Waals surface area contributed by atoms with Gasteiger partial charge in [0.25, 0.3) is 0 Å². The van der Waals surface area contributed by atoms with Gasteiger partial charge in [0.05, 0.1) is 12.8 Å². The summed E-state index contributed by atoms with van der Waals surface area (Å²) in [4.78, 5) is 17.0. The minimum absolute atomic E-state index is 0.0502. The van der Waals surface area contributed by atoms with Crippen LogP contribution in [0.5, 0.6) is 5.75 Å². The molecule has 28 heavy (non-hydrogen) atoms. The highest BCUT2D eigenvalue weighted by Gasteiger charge is 2.14. The second-order valence-electron chi connectivity index (χ2n) is 7.17. The fraction of sp³-hybridized carbons (Fsp3) is 0.304. The number of fused-ring (bicyclic) bond motifs is 1. The van der Waals surface area contributed by atoms with Gasteiger partial charge in [-0.3, -0.25) is 4.79 Å². The van der Waals surface area contributed by atoms with Crippen molar-refractivity contribution in [3.63, 3.8) is 0 Å². The Morgan fingerprint density at radius 2 is 2.04 bits per heavy atom. The second kappa shape index (κ2) is 8.30. The quantitative estimate of drug-likeness (QED) is 0.684. The lowest BCUT2D eigenvalue weighted by Gasteiger charge is -2.08. The van der Waals surface area contributed by atoms with Crippen molar-refractivity contribution in [2.45, 2.75) is 38.8 Å². The number of nitrogens with one attached hydrogen (secondary N) is 1. The average molecular weight is 375 g/mol. The molecule has 1 aliphatic heterocycles. The molecule has 4 rings (SSSR count). The highest BCUT2D eigenvalue weighted by molar-refractivity contribution is 5.76. The monoisotopic (exact) mass is 375 g/mol. The zero-order valence-corrected chi connectivity index (χ0v) is 16.1. The molecule has 1 aromatic heterocycles. The number of carbonyl (C=O) groups is 1. The number of hydrogen-bond donors (Lipinski definition) is 1. The molecule has 0 fully saturated rings. The van der Waals surface area contributed by atoms with E-state index in [1.54, 1.807) is 7.11 Å². The largest absolute Gasteiger partial charge is 0.497 e. The third kappa shape index (κ3) is 4.25. The van der Waals surface area contributed by atoms with Gasteiger partial charge in [-0.1, -0.05) is 30.3 Å². The van der Waals surface area contributed by atoms with Crippen molar-refractivity contribution < 1.29 is 9.53 Å². The summed E-state index contributed by atoms with van der Waals surface area (Å²) < 4.78 is 7.47. The molecule has 0 unspecified atom stereocenters. The third-order valence-corrected chi connectivity index (χ3v) is 5.15. The smallest absolute Gasteiger partial charge is 0.220 e. The lowest BCUT2D eigenvalue weighted by atomic mass is 10.1. The zero-order valence-electron chi connectivity index (χ0n) is 16.1. The zero-order chi connectivity index (χ0) is 19.3. The van der Waals surface area contributed by atoms with E-state index in [-0.39, 0.29) is 5.91 Å². The van der Waals surface area contributed by atoms with Crippen molar-refractivity contribution in [3.05, 3.63) is 71.7 Å². The van der Waals surface area contributed by atoms with Crippen LogP contribution >= 0.6 is 0 Å². The number of aromatic nitrogens is 2. The predicted octanol–water partition coefficient (Wildman–Crippen LogP) is 3.75. The van der Waals surface area contributed by atoms with Gasteiger partial charge in [0.2, 0.25) is 5.91 Å². The van der Waals surface area contributed by atoms with Crippen molar-refractivity contribution in [1.82, 2.24) is 14.9 Å². The number of benzene rings is 2. The number of amides is 1. The van der Waals surface area contributed by atoms with Crippen molar-refractivity contribution in [3.8, 4) is 17.0 Å². The summed E-state index contributed by atoms with van der Waals surface area (Å²) in [7, 11) is 1.65. The van der Waals surface area contributed by atoms with Gasteiger partial charge in [-0.15, -0.1) is 0 Å². The van der Waals surface area contributed by atoms with Crippen molar-refractivity contribution in [2.75, 3.05) is 7.11 Å². The normalized spacial score (nSPS) is 12.6. The average Bonchev–Trinajstić information content (AvgIpc) is 3.33. The lowest BCUT2D eigenvalue weighted by molar-refractivity contribution is -0.121. The van der Waals surface area contributed by atoms with Crippen molar-refractivity contribution >= 4 is 5.91 Å². The molecule has 1 amide bonds. The number of carbonyl (C=O) groups excluding carboxylic acids is 1. The maximum atomic E-state index is 12.2. The number of ether oxygens (including phenoxy) is 1. The Balaban J connectivity index is 1.32. The molecule has 1 aliphatic rings.